The molecular weight excluding hydrogens is 378 g/mol. The van der Waals surface area contributed by atoms with Gasteiger partial charge in [-0.1, -0.05) is 66.7 Å². The molecule has 0 saturated heterocycles. The number of benzene rings is 3. The van der Waals surface area contributed by atoms with E-state index in [4.69, 9.17) is 0 Å². The van der Waals surface area contributed by atoms with E-state index in [0.717, 1.165) is 23.2 Å². The molecule has 3 rings (SSSR count). The zero-order chi connectivity index (χ0) is 21.5. The Kier molecular flexibility index (Phi) is 6.93. The van der Waals surface area contributed by atoms with Gasteiger partial charge in [-0.25, -0.2) is 0 Å². The lowest BCUT2D eigenvalue weighted by atomic mass is 9.98. The molecule has 0 saturated carbocycles. The molecule has 0 atom stereocenters. The van der Waals surface area contributed by atoms with E-state index in [1.807, 2.05) is 38.4 Å². The summed E-state index contributed by atoms with van der Waals surface area (Å²) in [7, 11) is 4.08. The Hall–Kier alpha value is -3.51. The van der Waals surface area contributed by atoms with Crippen LogP contribution in [0.3, 0.4) is 0 Å². The van der Waals surface area contributed by atoms with Crippen LogP contribution in [-0.2, 0) is 24.3 Å². The van der Waals surface area contributed by atoms with Gasteiger partial charge in [0.2, 0.25) is 5.91 Å². The quantitative estimate of drug-likeness (QED) is 0.452. The van der Waals surface area contributed by atoms with Crippen molar-refractivity contribution in [3.8, 4) is 11.1 Å². The van der Waals surface area contributed by atoms with Crippen LogP contribution < -0.4 is 5.32 Å². The lowest BCUT2D eigenvalue weighted by Crippen LogP contribution is -2.25. The van der Waals surface area contributed by atoms with Gasteiger partial charge in [-0.05, 0) is 36.3 Å². The summed E-state index contributed by atoms with van der Waals surface area (Å²) in [5, 5.41) is 14.0. The normalized spacial score (nSPS) is 10.8. The number of hydrogen-bond donors (Lipinski definition) is 1. The van der Waals surface area contributed by atoms with Crippen LogP contribution in [0.5, 0.6) is 0 Å². The Labute approximate surface area is 176 Å². The molecule has 0 radical (unpaired) electrons. The van der Waals surface area contributed by atoms with Gasteiger partial charge in [-0.3, -0.25) is 14.9 Å². The van der Waals surface area contributed by atoms with E-state index >= 15 is 0 Å². The van der Waals surface area contributed by atoms with E-state index in [2.05, 4.69) is 34.5 Å². The van der Waals surface area contributed by atoms with Crippen LogP contribution in [0.2, 0.25) is 0 Å². The number of rotatable bonds is 8. The smallest absolute Gasteiger partial charge is 0.273 e. The first-order valence-electron chi connectivity index (χ1n) is 9.75. The second kappa shape index (κ2) is 9.80. The Morgan fingerprint density at radius 3 is 2.23 bits per heavy atom. The Bertz CT molecular complexity index is 1030. The van der Waals surface area contributed by atoms with Crippen LogP contribution >= 0.6 is 0 Å². The molecular formula is C24H25N3O3. The SMILES string of the molecule is CN(C)Cc1ccc(-c2ccccc2CNC(=O)Cc2ccccc2[N+](=O)[O-])cc1. The monoisotopic (exact) mass is 403 g/mol. The maximum atomic E-state index is 12.4. The number of nitro groups is 1. The maximum Gasteiger partial charge on any atom is 0.273 e. The van der Waals surface area contributed by atoms with Gasteiger partial charge in [0, 0.05) is 24.7 Å². The minimum Gasteiger partial charge on any atom is -0.352 e. The van der Waals surface area contributed by atoms with Crippen molar-refractivity contribution in [3.63, 3.8) is 0 Å². The van der Waals surface area contributed by atoms with E-state index < -0.39 is 4.92 Å². The fourth-order valence-electron chi connectivity index (χ4n) is 3.38. The average molecular weight is 403 g/mol. The molecule has 0 aliphatic carbocycles. The van der Waals surface area contributed by atoms with Gasteiger partial charge in [0.15, 0.2) is 0 Å². The third-order valence-corrected chi connectivity index (χ3v) is 4.80. The number of nitrogens with one attached hydrogen (secondary N) is 1. The molecule has 0 spiro atoms. The van der Waals surface area contributed by atoms with Gasteiger partial charge in [-0.2, -0.15) is 0 Å². The zero-order valence-corrected chi connectivity index (χ0v) is 17.2. The molecule has 154 valence electrons. The third-order valence-electron chi connectivity index (χ3n) is 4.80. The number of carbonyl (C=O) groups is 1. The molecule has 0 unspecified atom stereocenters. The fourth-order valence-corrected chi connectivity index (χ4v) is 3.38. The first-order valence-corrected chi connectivity index (χ1v) is 9.75. The predicted molar refractivity (Wildman–Crippen MR) is 118 cm³/mol. The highest BCUT2D eigenvalue weighted by Crippen LogP contribution is 2.24. The molecule has 1 amide bonds. The van der Waals surface area contributed by atoms with E-state index in [1.165, 1.54) is 11.6 Å². The molecule has 0 aromatic heterocycles. The van der Waals surface area contributed by atoms with E-state index in [9.17, 15) is 14.9 Å². The van der Waals surface area contributed by atoms with E-state index in [-0.39, 0.29) is 18.0 Å². The van der Waals surface area contributed by atoms with E-state index in [1.54, 1.807) is 18.2 Å². The van der Waals surface area contributed by atoms with Crippen LogP contribution in [0.15, 0.2) is 72.8 Å². The largest absolute Gasteiger partial charge is 0.352 e. The van der Waals surface area contributed by atoms with Crippen molar-refractivity contribution in [2.24, 2.45) is 0 Å². The van der Waals surface area contributed by atoms with Crippen molar-refractivity contribution in [1.82, 2.24) is 10.2 Å². The Morgan fingerprint density at radius 2 is 1.57 bits per heavy atom. The zero-order valence-electron chi connectivity index (χ0n) is 17.2. The second-order valence-corrected chi connectivity index (χ2v) is 7.43. The minimum absolute atomic E-state index is 0.0292. The molecule has 30 heavy (non-hydrogen) atoms. The topological polar surface area (TPSA) is 75.5 Å². The predicted octanol–water partition coefficient (Wildman–Crippen LogP) is 4.18. The third kappa shape index (κ3) is 5.52. The number of nitrogens with zero attached hydrogens (tertiary/aromatic N) is 2. The van der Waals surface area contributed by atoms with Crippen molar-refractivity contribution in [2.75, 3.05) is 14.1 Å². The van der Waals surface area contributed by atoms with Crippen molar-refractivity contribution < 1.29 is 9.72 Å². The van der Waals surface area contributed by atoms with Crippen LogP contribution in [0.25, 0.3) is 11.1 Å². The summed E-state index contributed by atoms with van der Waals surface area (Å²) in [5.41, 5.74) is 4.74. The lowest BCUT2D eigenvalue weighted by Gasteiger charge is -2.13. The fraction of sp³-hybridized carbons (Fsp3) is 0.208. The molecule has 6 heteroatoms. The molecule has 0 aliphatic heterocycles. The molecule has 1 N–H and O–H groups in total. The van der Waals surface area contributed by atoms with Crippen molar-refractivity contribution in [1.29, 1.82) is 0 Å². The van der Waals surface area contributed by atoms with Gasteiger partial charge >= 0.3 is 0 Å². The van der Waals surface area contributed by atoms with Crippen molar-refractivity contribution in [2.45, 2.75) is 19.5 Å². The molecule has 0 fully saturated rings. The van der Waals surface area contributed by atoms with E-state index in [0.29, 0.717) is 12.1 Å². The van der Waals surface area contributed by atoms with Crippen LogP contribution in [0.4, 0.5) is 5.69 Å². The lowest BCUT2D eigenvalue weighted by molar-refractivity contribution is -0.385. The molecule has 0 heterocycles. The Balaban J connectivity index is 1.70. The summed E-state index contributed by atoms with van der Waals surface area (Å²) in [4.78, 5) is 25.2. The number of amides is 1. The van der Waals surface area contributed by atoms with Gasteiger partial charge in [-0.15, -0.1) is 0 Å². The molecule has 0 bridgehead atoms. The molecule has 3 aromatic rings. The summed E-state index contributed by atoms with van der Waals surface area (Å²) < 4.78 is 0. The van der Waals surface area contributed by atoms with Crippen LogP contribution in [0, 0.1) is 10.1 Å². The summed E-state index contributed by atoms with van der Waals surface area (Å²) in [5.74, 6) is -0.250. The summed E-state index contributed by atoms with van der Waals surface area (Å²) in [6, 6.07) is 22.6. The summed E-state index contributed by atoms with van der Waals surface area (Å²) >= 11 is 0. The second-order valence-electron chi connectivity index (χ2n) is 7.43. The summed E-state index contributed by atoms with van der Waals surface area (Å²) in [6.07, 6.45) is -0.0292. The van der Waals surface area contributed by atoms with Gasteiger partial charge in [0.05, 0.1) is 11.3 Å². The van der Waals surface area contributed by atoms with Gasteiger partial charge in [0.25, 0.3) is 5.69 Å². The highest BCUT2D eigenvalue weighted by Gasteiger charge is 2.15. The Morgan fingerprint density at radius 1 is 0.933 bits per heavy atom. The summed E-state index contributed by atoms with van der Waals surface area (Å²) in [6.45, 7) is 1.23. The molecule has 3 aromatic carbocycles. The number of hydrogen-bond acceptors (Lipinski definition) is 4. The first kappa shape index (κ1) is 21.2. The number of nitro benzene ring substituents is 1. The average Bonchev–Trinajstić information content (AvgIpc) is 2.73. The maximum absolute atomic E-state index is 12.4. The van der Waals surface area contributed by atoms with Gasteiger partial charge in [0.1, 0.15) is 0 Å². The molecule has 0 aliphatic rings. The van der Waals surface area contributed by atoms with Crippen LogP contribution in [0.1, 0.15) is 16.7 Å². The highest BCUT2D eigenvalue weighted by atomic mass is 16.6. The number of carbonyl (C=O) groups excluding carboxylic acids is 1. The van der Waals surface area contributed by atoms with Crippen molar-refractivity contribution in [3.05, 3.63) is 99.6 Å². The standard InChI is InChI=1S/C24H25N3O3/c1-26(2)17-18-11-13-19(14-12-18)22-9-5-3-8-21(22)16-25-24(28)15-20-7-4-6-10-23(20)27(29)30/h3-14H,15-17H2,1-2H3,(H,25,28). The van der Waals surface area contributed by atoms with Crippen LogP contribution in [-0.4, -0.2) is 29.8 Å². The minimum atomic E-state index is -0.460. The molecule has 6 nitrogen and oxygen atoms in total. The highest BCUT2D eigenvalue weighted by molar-refractivity contribution is 5.80. The van der Waals surface area contributed by atoms with Gasteiger partial charge < -0.3 is 10.2 Å². The first-order chi connectivity index (χ1) is 14.4. The number of para-hydroxylation sites is 1. The van der Waals surface area contributed by atoms with Crippen molar-refractivity contribution >= 4 is 11.6 Å².